The minimum Gasteiger partial charge on any atom is -0.376 e. The van der Waals surface area contributed by atoms with Crippen molar-refractivity contribution in [2.75, 3.05) is 9.71 Å². The van der Waals surface area contributed by atoms with Crippen LogP contribution in [0.3, 0.4) is 0 Å². The highest BCUT2D eigenvalue weighted by atomic mass is 32.1. The maximum Gasteiger partial charge on any atom is 0.333 e. The van der Waals surface area contributed by atoms with E-state index in [1.165, 1.54) is 134 Å². The van der Waals surface area contributed by atoms with Crippen LogP contribution in [0.25, 0.3) is 42.4 Å². The molecule has 7 aromatic carbocycles. The molecule has 0 bridgehead atoms. The van der Waals surface area contributed by atoms with Crippen LogP contribution in [0.2, 0.25) is 0 Å². The Kier molecular flexibility index (Phi) is 9.24. The van der Waals surface area contributed by atoms with E-state index in [-0.39, 0.29) is 39.3 Å². The van der Waals surface area contributed by atoms with Crippen molar-refractivity contribution in [3.05, 3.63) is 160 Å². The van der Waals surface area contributed by atoms with Crippen molar-refractivity contribution < 1.29 is 0 Å². The number of benzene rings is 7. The fourth-order valence-corrected chi connectivity index (χ4v) is 14.1. The zero-order chi connectivity index (χ0) is 48.7. The standard InChI is InChI=1S/C65H69BN2S/c1-60(2,3)38-20-25-41(26-21-38)67-52-30-24-40(62(7,8)9)34-51(52)66-57-46(35-44-43-18-16-17-19-54(43)69-59(44)58(57)67)56-53(68(66)42-27-22-39(23-28-42)61(4,5)6)31-29-47-55(56)45-36-49-50(37-48(45)65(47,14)15)64(12,13)33-32-63(49,10)11/h16-31,34-37H,32-33H2,1-15H3. The summed E-state index contributed by atoms with van der Waals surface area (Å²) in [5.74, 6) is 0. The normalized spacial score (nSPS) is 17.3. The van der Waals surface area contributed by atoms with E-state index >= 15 is 0 Å². The molecule has 3 heterocycles. The van der Waals surface area contributed by atoms with Gasteiger partial charge < -0.3 is 9.71 Å². The maximum atomic E-state index is 2.76. The van der Waals surface area contributed by atoms with Crippen LogP contribution in [0.4, 0.5) is 28.4 Å². The highest BCUT2D eigenvalue weighted by Crippen LogP contribution is 2.61. The SMILES string of the molecule is CC(C)(C)c1ccc(N2B3c4cc(C(C)(C)C)ccc4N(c4ccc(C(C)(C)C)cc4)c4c3c(cc3c4sc4ccccc43)-c3c2ccc2c3-c3cc4c(cc3C2(C)C)C(C)(C)CCC4(C)C)cc1. The van der Waals surface area contributed by atoms with Crippen LogP contribution in [0.5, 0.6) is 0 Å². The first-order chi connectivity index (χ1) is 32.4. The molecule has 1 aromatic heterocycles. The first-order valence-corrected chi connectivity index (χ1v) is 26.5. The Balaban J connectivity index is 1.27. The summed E-state index contributed by atoms with van der Waals surface area (Å²) in [5, 5.41) is 2.67. The smallest absolute Gasteiger partial charge is 0.333 e. The lowest BCUT2D eigenvalue weighted by Gasteiger charge is -2.47. The van der Waals surface area contributed by atoms with Crippen molar-refractivity contribution in [1.82, 2.24) is 0 Å². The number of hydrogen-bond acceptors (Lipinski definition) is 3. The molecule has 0 saturated heterocycles. The van der Waals surface area contributed by atoms with Crippen LogP contribution in [0, 0.1) is 0 Å². The lowest BCUT2D eigenvalue weighted by atomic mass is 9.43. The fourth-order valence-electron chi connectivity index (χ4n) is 12.8. The first-order valence-electron chi connectivity index (χ1n) is 25.7. The molecular weight excluding hydrogens is 852 g/mol. The molecule has 0 amide bonds. The molecular formula is C65H69BN2S. The van der Waals surface area contributed by atoms with Gasteiger partial charge in [0.15, 0.2) is 0 Å². The third kappa shape index (κ3) is 6.42. The van der Waals surface area contributed by atoms with Gasteiger partial charge in [0.1, 0.15) is 0 Å². The zero-order valence-electron chi connectivity index (χ0n) is 43.8. The van der Waals surface area contributed by atoms with E-state index in [0.717, 1.165) is 0 Å². The molecule has 0 spiro atoms. The molecule has 12 rings (SSSR count). The van der Waals surface area contributed by atoms with Crippen LogP contribution in [-0.4, -0.2) is 6.85 Å². The predicted molar refractivity (Wildman–Crippen MR) is 302 cm³/mol. The Morgan fingerprint density at radius 3 is 1.68 bits per heavy atom. The van der Waals surface area contributed by atoms with Crippen LogP contribution < -0.4 is 20.6 Å². The number of thiophene rings is 1. The van der Waals surface area contributed by atoms with E-state index in [4.69, 9.17) is 0 Å². The summed E-state index contributed by atoms with van der Waals surface area (Å²) in [7, 11) is 0. The molecule has 4 aliphatic rings. The molecule has 0 fully saturated rings. The fraction of sp³-hybridized carbons (Fsp3) is 0.354. The molecule has 4 heteroatoms. The van der Waals surface area contributed by atoms with Crippen molar-refractivity contribution in [3.63, 3.8) is 0 Å². The van der Waals surface area contributed by atoms with Crippen LogP contribution in [0.15, 0.2) is 121 Å². The van der Waals surface area contributed by atoms with Gasteiger partial charge in [0.2, 0.25) is 0 Å². The number of nitrogens with zero attached hydrogens (tertiary/aromatic N) is 2. The van der Waals surface area contributed by atoms with E-state index in [9.17, 15) is 0 Å². The van der Waals surface area contributed by atoms with Gasteiger partial charge in [-0.25, -0.2) is 0 Å². The molecule has 0 saturated carbocycles. The van der Waals surface area contributed by atoms with E-state index in [1.54, 1.807) is 0 Å². The quantitative estimate of drug-likeness (QED) is 0.159. The number of rotatable bonds is 2. The van der Waals surface area contributed by atoms with Gasteiger partial charge in [0, 0.05) is 49.2 Å². The van der Waals surface area contributed by atoms with Crippen LogP contribution >= 0.6 is 11.3 Å². The second kappa shape index (κ2) is 14.3. The molecule has 0 atom stereocenters. The Morgan fingerprint density at radius 2 is 1.06 bits per heavy atom. The van der Waals surface area contributed by atoms with E-state index < -0.39 is 0 Å². The predicted octanol–water partition coefficient (Wildman–Crippen LogP) is 17.3. The van der Waals surface area contributed by atoms with E-state index in [0.29, 0.717) is 0 Å². The highest BCUT2D eigenvalue weighted by molar-refractivity contribution is 7.26. The zero-order valence-corrected chi connectivity index (χ0v) is 44.7. The summed E-state index contributed by atoms with van der Waals surface area (Å²) >= 11 is 1.96. The third-order valence-electron chi connectivity index (χ3n) is 17.2. The Labute approximate surface area is 416 Å². The van der Waals surface area contributed by atoms with E-state index in [1.807, 2.05) is 11.3 Å². The van der Waals surface area contributed by atoms with E-state index in [2.05, 4.69) is 235 Å². The number of fused-ring (bicyclic) bond motifs is 13. The molecule has 0 radical (unpaired) electrons. The monoisotopic (exact) mass is 921 g/mol. The Bertz CT molecular complexity index is 3470. The van der Waals surface area contributed by atoms with Gasteiger partial charge in [-0.2, -0.15) is 0 Å². The minimum atomic E-state index is -0.184. The molecule has 0 unspecified atom stereocenters. The van der Waals surface area contributed by atoms with Gasteiger partial charge in [-0.15, -0.1) is 11.3 Å². The summed E-state index contributed by atoms with van der Waals surface area (Å²) in [6, 6.07) is 48.7. The molecule has 0 N–H and O–H groups in total. The van der Waals surface area contributed by atoms with Crippen molar-refractivity contribution in [2.45, 2.75) is 149 Å². The van der Waals surface area contributed by atoms with Gasteiger partial charge in [0.25, 0.3) is 0 Å². The van der Waals surface area contributed by atoms with Gasteiger partial charge in [-0.3, -0.25) is 0 Å². The Hall–Kier alpha value is -5.58. The van der Waals surface area contributed by atoms with Crippen molar-refractivity contribution in [3.8, 4) is 22.3 Å². The largest absolute Gasteiger partial charge is 0.376 e. The van der Waals surface area contributed by atoms with Crippen molar-refractivity contribution in [2.24, 2.45) is 0 Å². The van der Waals surface area contributed by atoms with Crippen molar-refractivity contribution in [1.29, 1.82) is 0 Å². The second-order valence-corrected chi connectivity index (χ2v) is 27.2. The maximum absolute atomic E-state index is 2.76. The topological polar surface area (TPSA) is 6.48 Å². The number of anilines is 5. The summed E-state index contributed by atoms with van der Waals surface area (Å²) in [5.41, 5.74) is 24.7. The minimum absolute atomic E-state index is 0.0323. The lowest BCUT2D eigenvalue weighted by molar-refractivity contribution is 0.331. The summed E-state index contributed by atoms with van der Waals surface area (Å²) in [6.45, 7) is 35.9. The summed E-state index contributed by atoms with van der Waals surface area (Å²) in [6.07, 6.45) is 2.39. The van der Waals surface area contributed by atoms with Gasteiger partial charge >= 0.3 is 6.85 Å². The summed E-state index contributed by atoms with van der Waals surface area (Å²) < 4.78 is 2.68. The molecule has 2 nitrogen and oxygen atoms in total. The van der Waals surface area contributed by atoms with Gasteiger partial charge in [-0.05, 0) is 161 Å². The number of hydrogen-bond donors (Lipinski definition) is 0. The Morgan fingerprint density at radius 1 is 0.493 bits per heavy atom. The highest BCUT2D eigenvalue weighted by Gasteiger charge is 2.50. The molecule has 8 aromatic rings. The van der Waals surface area contributed by atoms with Crippen LogP contribution in [0.1, 0.15) is 156 Å². The van der Waals surface area contributed by atoms with Gasteiger partial charge in [-0.1, -0.05) is 171 Å². The first kappa shape index (κ1) is 44.6. The summed E-state index contributed by atoms with van der Waals surface area (Å²) in [4.78, 5) is 5.42. The lowest BCUT2D eigenvalue weighted by Crippen LogP contribution is -2.61. The average molecular weight is 921 g/mol. The van der Waals surface area contributed by atoms with Gasteiger partial charge in [0.05, 0.1) is 10.4 Å². The molecule has 348 valence electrons. The molecule has 2 aliphatic heterocycles. The van der Waals surface area contributed by atoms with Crippen molar-refractivity contribution >= 4 is 77.7 Å². The third-order valence-corrected chi connectivity index (χ3v) is 18.4. The molecule has 2 aliphatic carbocycles. The average Bonchev–Trinajstić information content (AvgIpc) is 3.77. The second-order valence-electron chi connectivity index (χ2n) is 26.1. The van der Waals surface area contributed by atoms with Crippen LogP contribution in [-0.2, 0) is 32.5 Å². The molecule has 69 heavy (non-hydrogen) atoms.